The number of hydrogen-bond donors (Lipinski definition) is 0. The molecule has 0 atom stereocenters. The van der Waals surface area contributed by atoms with Gasteiger partial charge in [0.15, 0.2) is 0 Å². The van der Waals surface area contributed by atoms with Gasteiger partial charge in [0.05, 0.1) is 11.6 Å². The highest BCUT2D eigenvalue weighted by Crippen LogP contribution is 2.32. The summed E-state index contributed by atoms with van der Waals surface area (Å²) in [6, 6.07) is 10.8. The van der Waals surface area contributed by atoms with E-state index in [1.165, 1.54) is 12.1 Å². The van der Waals surface area contributed by atoms with Crippen molar-refractivity contribution in [2.75, 3.05) is 0 Å². The second-order valence-corrected chi connectivity index (χ2v) is 5.29. The summed E-state index contributed by atoms with van der Waals surface area (Å²) in [6.07, 6.45) is -0.00349. The van der Waals surface area contributed by atoms with Crippen LogP contribution in [0.3, 0.4) is 0 Å². The third-order valence-electron chi connectivity index (χ3n) is 3.22. The molecule has 102 valence electrons. The van der Waals surface area contributed by atoms with E-state index in [2.05, 4.69) is 4.98 Å². The minimum absolute atomic E-state index is 0.00349. The Labute approximate surface area is 117 Å². The lowest BCUT2D eigenvalue weighted by Gasteiger charge is -2.13. The van der Waals surface area contributed by atoms with Crippen molar-refractivity contribution in [3.05, 3.63) is 47.8 Å². The van der Waals surface area contributed by atoms with Crippen LogP contribution in [0.4, 0.5) is 4.39 Å². The van der Waals surface area contributed by atoms with Gasteiger partial charge in [0.25, 0.3) is 0 Å². The first-order chi connectivity index (χ1) is 9.54. The first-order valence-corrected chi connectivity index (χ1v) is 6.71. The Hall–Kier alpha value is -2.16. The number of hydrogen-bond acceptors (Lipinski definition) is 2. The van der Waals surface area contributed by atoms with E-state index in [9.17, 15) is 4.39 Å². The minimum Gasteiger partial charge on any atom is -0.474 e. The monoisotopic (exact) mass is 269 g/mol. The molecule has 0 radical (unpaired) electrons. The molecule has 0 saturated carbocycles. The van der Waals surface area contributed by atoms with Gasteiger partial charge < -0.3 is 4.74 Å². The average molecular weight is 269 g/mol. The molecule has 0 aliphatic carbocycles. The van der Waals surface area contributed by atoms with Gasteiger partial charge in [-0.25, -0.2) is 9.37 Å². The van der Waals surface area contributed by atoms with Gasteiger partial charge in [-0.15, -0.1) is 0 Å². The normalized spacial score (nSPS) is 11.4. The Morgan fingerprint density at radius 3 is 2.50 bits per heavy atom. The van der Waals surface area contributed by atoms with Crippen molar-refractivity contribution in [3.63, 3.8) is 0 Å². The molecule has 0 saturated heterocycles. The highest BCUT2D eigenvalue weighted by molar-refractivity contribution is 6.07. The summed E-state index contributed by atoms with van der Waals surface area (Å²) in [6.45, 7) is 5.90. The smallest absolute Gasteiger partial charge is 0.222 e. The van der Waals surface area contributed by atoms with E-state index in [1.54, 1.807) is 6.07 Å². The van der Waals surface area contributed by atoms with Crippen LogP contribution >= 0.6 is 0 Å². The second kappa shape index (κ2) is 4.75. The minimum atomic E-state index is -0.278. The summed E-state index contributed by atoms with van der Waals surface area (Å²) in [5, 5.41) is 2.70. The summed E-state index contributed by atoms with van der Waals surface area (Å²) in [5.41, 5.74) is 2.02. The van der Waals surface area contributed by atoms with Gasteiger partial charge in [-0.3, -0.25) is 0 Å². The maximum absolute atomic E-state index is 13.5. The molecule has 0 unspecified atom stereocenters. The predicted octanol–water partition coefficient (Wildman–Crippen LogP) is 4.62. The van der Waals surface area contributed by atoms with E-state index in [4.69, 9.17) is 4.74 Å². The van der Waals surface area contributed by atoms with Crippen LogP contribution in [0.15, 0.2) is 36.4 Å². The van der Waals surface area contributed by atoms with E-state index in [0.717, 1.165) is 27.2 Å². The van der Waals surface area contributed by atoms with Crippen molar-refractivity contribution in [1.29, 1.82) is 0 Å². The Bertz CT molecular complexity index is 796. The van der Waals surface area contributed by atoms with E-state index in [1.807, 2.05) is 39.0 Å². The Balaban J connectivity index is 2.41. The van der Waals surface area contributed by atoms with Gasteiger partial charge in [0, 0.05) is 10.8 Å². The van der Waals surface area contributed by atoms with E-state index >= 15 is 0 Å². The molecule has 3 heteroatoms. The lowest BCUT2D eigenvalue weighted by molar-refractivity contribution is 0.237. The van der Waals surface area contributed by atoms with Gasteiger partial charge in [0.2, 0.25) is 5.88 Å². The summed E-state index contributed by atoms with van der Waals surface area (Å²) < 4.78 is 19.3. The number of nitrogens with zero attached hydrogens (tertiary/aromatic N) is 1. The number of aryl methyl sites for hydroxylation is 1. The van der Waals surface area contributed by atoms with Gasteiger partial charge in [-0.1, -0.05) is 18.2 Å². The largest absolute Gasteiger partial charge is 0.474 e. The van der Waals surface area contributed by atoms with Crippen LogP contribution in [0.2, 0.25) is 0 Å². The first-order valence-electron chi connectivity index (χ1n) is 6.71. The van der Waals surface area contributed by atoms with Gasteiger partial charge in [0.1, 0.15) is 5.82 Å². The SMILES string of the molecule is Cc1ccc2c(c1)nc(OC(C)C)c1cc(F)ccc12. The van der Waals surface area contributed by atoms with Crippen LogP contribution in [0.5, 0.6) is 5.88 Å². The molecule has 0 bridgehead atoms. The van der Waals surface area contributed by atoms with E-state index < -0.39 is 0 Å². The highest BCUT2D eigenvalue weighted by atomic mass is 19.1. The van der Waals surface area contributed by atoms with Crippen molar-refractivity contribution >= 4 is 21.7 Å². The molecule has 3 rings (SSSR count). The molecule has 2 nitrogen and oxygen atoms in total. The summed E-state index contributed by atoms with van der Waals surface area (Å²) in [5.74, 6) is 0.215. The topological polar surface area (TPSA) is 22.1 Å². The fourth-order valence-corrected chi connectivity index (χ4v) is 2.37. The van der Waals surface area contributed by atoms with Gasteiger partial charge >= 0.3 is 0 Å². The third kappa shape index (κ3) is 2.20. The average Bonchev–Trinajstić information content (AvgIpc) is 2.38. The standard InChI is InChI=1S/C17H16FNO/c1-10(2)20-17-15-9-12(18)5-7-13(15)14-6-4-11(3)8-16(14)19-17/h4-10H,1-3H3. The summed E-state index contributed by atoms with van der Waals surface area (Å²) >= 11 is 0. The van der Waals surface area contributed by atoms with Crippen molar-refractivity contribution in [1.82, 2.24) is 4.98 Å². The van der Waals surface area contributed by atoms with E-state index in [-0.39, 0.29) is 11.9 Å². The molecule has 20 heavy (non-hydrogen) atoms. The number of fused-ring (bicyclic) bond motifs is 3. The van der Waals surface area contributed by atoms with Crippen LogP contribution in [-0.2, 0) is 0 Å². The van der Waals surface area contributed by atoms with Crippen LogP contribution in [0.1, 0.15) is 19.4 Å². The molecule has 0 N–H and O–H groups in total. The zero-order chi connectivity index (χ0) is 14.3. The zero-order valence-electron chi connectivity index (χ0n) is 11.8. The number of aromatic nitrogens is 1. The molecule has 3 aromatic rings. The van der Waals surface area contributed by atoms with Crippen molar-refractivity contribution in [3.8, 4) is 5.88 Å². The molecular formula is C17H16FNO. The molecule has 1 aromatic heterocycles. The molecule has 0 aliphatic heterocycles. The third-order valence-corrected chi connectivity index (χ3v) is 3.22. The molecule has 0 amide bonds. The lowest BCUT2D eigenvalue weighted by Crippen LogP contribution is -2.07. The summed E-state index contributed by atoms with van der Waals surface area (Å²) in [4.78, 5) is 4.56. The van der Waals surface area contributed by atoms with Crippen LogP contribution < -0.4 is 4.74 Å². The lowest BCUT2D eigenvalue weighted by atomic mass is 10.0. The fourth-order valence-electron chi connectivity index (χ4n) is 2.37. The highest BCUT2D eigenvalue weighted by Gasteiger charge is 2.11. The molecule has 0 aliphatic rings. The maximum Gasteiger partial charge on any atom is 0.222 e. The molecular weight excluding hydrogens is 253 g/mol. The number of pyridine rings is 1. The van der Waals surface area contributed by atoms with Crippen LogP contribution in [-0.4, -0.2) is 11.1 Å². The predicted molar refractivity (Wildman–Crippen MR) is 79.7 cm³/mol. The zero-order valence-corrected chi connectivity index (χ0v) is 11.8. The summed E-state index contributed by atoms with van der Waals surface area (Å²) in [7, 11) is 0. The van der Waals surface area contributed by atoms with Crippen molar-refractivity contribution in [2.45, 2.75) is 26.9 Å². The number of ether oxygens (including phenoxy) is 1. The van der Waals surface area contributed by atoms with Gasteiger partial charge in [-0.2, -0.15) is 0 Å². The molecule has 2 aromatic carbocycles. The Morgan fingerprint density at radius 2 is 1.75 bits per heavy atom. The van der Waals surface area contributed by atoms with Crippen LogP contribution in [0, 0.1) is 12.7 Å². The molecule has 0 spiro atoms. The van der Waals surface area contributed by atoms with E-state index in [0.29, 0.717) is 5.88 Å². The first kappa shape index (κ1) is 12.9. The fraction of sp³-hybridized carbons (Fsp3) is 0.235. The maximum atomic E-state index is 13.5. The van der Waals surface area contributed by atoms with Gasteiger partial charge in [-0.05, 0) is 49.9 Å². The second-order valence-electron chi connectivity index (χ2n) is 5.29. The van der Waals surface area contributed by atoms with Crippen molar-refractivity contribution < 1.29 is 9.13 Å². The number of rotatable bonds is 2. The number of halogens is 1. The molecule has 1 heterocycles. The number of benzene rings is 2. The Morgan fingerprint density at radius 1 is 1.00 bits per heavy atom. The Kier molecular flexibility index (Phi) is 3.05. The van der Waals surface area contributed by atoms with Crippen molar-refractivity contribution in [2.24, 2.45) is 0 Å². The quantitative estimate of drug-likeness (QED) is 0.633. The van der Waals surface area contributed by atoms with Crippen LogP contribution in [0.25, 0.3) is 21.7 Å². The molecule has 0 fully saturated rings.